The highest BCUT2D eigenvalue weighted by Crippen LogP contribution is 2.24. The Morgan fingerprint density at radius 3 is 2.80 bits per heavy atom. The van der Waals surface area contributed by atoms with Crippen LogP contribution in [0.3, 0.4) is 0 Å². The van der Waals surface area contributed by atoms with Crippen LogP contribution in [-0.2, 0) is 11.3 Å². The van der Waals surface area contributed by atoms with Crippen molar-refractivity contribution in [2.45, 2.75) is 45.6 Å². The van der Waals surface area contributed by atoms with E-state index in [1.54, 1.807) is 0 Å². The standard InChI is InChI=1S/C19H26N4OS/c1-14(2)17-13-25-19(21-17)22-18(24)11-15-6-9-23(10-7-15)12-16-5-3-4-8-20-16/h3-5,8,13-15H,6-7,9-12H2,1-2H3,(H,21,22,24). The first-order chi connectivity index (χ1) is 12.1. The lowest BCUT2D eigenvalue weighted by atomic mass is 9.93. The first kappa shape index (κ1) is 18.0. The summed E-state index contributed by atoms with van der Waals surface area (Å²) in [6, 6.07) is 6.04. The van der Waals surface area contributed by atoms with E-state index in [1.807, 2.05) is 23.7 Å². The summed E-state index contributed by atoms with van der Waals surface area (Å²) >= 11 is 1.51. The van der Waals surface area contributed by atoms with Crippen molar-refractivity contribution < 1.29 is 4.79 Å². The van der Waals surface area contributed by atoms with Crippen molar-refractivity contribution in [1.82, 2.24) is 14.9 Å². The highest BCUT2D eigenvalue weighted by molar-refractivity contribution is 7.13. The van der Waals surface area contributed by atoms with Crippen molar-refractivity contribution in [2.75, 3.05) is 18.4 Å². The van der Waals surface area contributed by atoms with Crippen LogP contribution in [0.4, 0.5) is 5.13 Å². The quantitative estimate of drug-likeness (QED) is 0.851. The molecule has 0 radical (unpaired) electrons. The molecule has 6 heteroatoms. The van der Waals surface area contributed by atoms with E-state index in [1.165, 1.54) is 11.3 Å². The Hall–Kier alpha value is -1.79. The molecule has 0 atom stereocenters. The summed E-state index contributed by atoms with van der Waals surface area (Å²) in [4.78, 5) is 23.6. The molecule has 2 aromatic rings. The summed E-state index contributed by atoms with van der Waals surface area (Å²) in [5, 5.41) is 5.71. The molecule has 1 N–H and O–H groups in total. The van der Waals surface area contributed by atoms with E-state index in [-0.39, 0.29) is 5.91 Å². The molecule has 3 rings (SSSR count). The van der Waals surface area contributed by atoms with Gasteiger partial charge in [-0.15, -0.1) is 11.3 Å². The molecule has 1 amide bonds. The van der Waals surface area contributed by atoms with Gasteiger partial charge in [0, 0.05) is 24.5 Å². The van der Waals surface area contributed by atoms with Gasteiger partial charge in [-0.1, -0.05) is 19.9 Å². The second-order valence-corrected chi connectivity index (χ2v) is 7.88. The third kappa shape index (κ3) is 5.34. The molecule has 0 aromatic carbocycles. The lowest BCUT2D eigenvalue weighted by Crippen LogP contribution is -2.34. The fourth-order valence-corrected chi connectivity index (χ4v) is 4.00. The number of nitrogens with one attached hydrogen (secondary N) is 1. The highest BCUT2D eigenvalue weighted by atomic mass is 32.1. The van der Waals surface area contributed by atoms with Gasteiger partial charge in [0.1, 0.15) is 0 Å². The van der Waals surface area contributed by atoms with Gasteiger partial charge in [0.2, 0.25) is 5.91 Å². The number of rotatable bonds is 6. The number of anilines is 1. The number of amides is 1. The average molecular weight is 359 g/mol. The molecule has 3 heterocycles. The van der Waals surface area contributed by atoms with E-state index < -0.39 is 0 Å². The van der Waals surface area contributed by atoms with Crippen molar-refractivity contribution in [2.24, 2.45) is 5.92 Å². The van der Waals surface area contributed by atoms with Crippen molar-refractivity contribution in [1.29, 1.82) is 0 Å². The highest BCUT2D eigenvalue weighted by Gasteiger charge is 2.22. The van der Waals surface area contributed by atoms with E-state index in [9.17, 15) is 4.79 Å². The fourth-order valence-electron chi connectivity index (χ4n) is 3.11. The number of carbonyl (C=O) groups is 1. The number of likely N-dealkylation sites (tertiary alicyclic amines) is 1. The third-order valence-corrected chi connectivity index (χ3v) is 5.43. The topological polar surface area (TPSA) is 58.1 Å². The summed E-state index contributed by atoms with van der Waals surface area (Å²) < 4.78 is 0. The van der Waals surface area contributed by atoms with Gasteiger partial charge >= 0.3 is 0 Å². The molecule has 25 heavy (non-hydrogen) atoms. The lowest BCUT2D eigenvalue weighted by Gasteiger charge is -2.31. The molecule has 1 saturated heterocycles. The maximum atomic E-state index is 12.3. The molecule has 1 aliphatic rings. The van der Waals surface area contributed by atoms with Crippen LogP contribution in [0, 0.1) is 5.92 Å². The van der Waals surface area contributed by atoms with Gasteiger partial charge in [-0.3, -0.25) is 14.7 Å². The van der Waals surface area contributed by atoms with Crippen LogP contribution in [0.2, 0.25) is 0 Å². The van der Waals surface area contributed by atoms with Crippen LogP contribution in [0.15, 0.2) is 29.8 Å². The summed E-state index contributed by atoms with van der Waals surface area (Å²) in [6.07, 6.45) is 4.56. The first-order valence-corrected chi connectivity index (χ1v) is 9.85. The van der Waals surface area contributed by atoms with E-state index in [4.69, 9.17) is 0 Å². The van der Waals surface area contributed by atoms with E-state index in [2.05, 4.69) is 40.1 Å². The molecule has 2 aromatic heterocycles. The molecule has 0 spiro atoms. The molecule has 0 aliphatic carbocycles. The zero-order chi connectivity index (χ0) is 17.6. The monoisotopic (exact) mass is 358 g/mol. The Morgan fingerprint density at radius 1 is 1.36 bits per heavy atom. The van der Waals surface area contributed by atoms with Crippen LogP contribution in [0.5, 0.6) is 0 Å². The summed E-state index contributed by atoms with van der Waals surface area (Å²) in [5.74, 6) is 0.947. The lowest BCUT2D eigenvalue weighted by molar-refractivity contribution is -0.117. The van der Waals surface area contributed by atoms with Gasteiger partial charge in [0.25, 0.3) is 0 Å². The van der Waals surface area contributed by atoms with Crippen LogP contribution in [0.1, 0.15) is 50.4 Å². The van der Waals surface area contributed by atoms with Crippen LogP contribution < -0.4 is 5.32 Å². The molecule has 0 bridgehead atoms. The Kier molecular flexibility index (Phi) is 6.15. The van der Waals surface area contributed by atoms with Crippen LogP contribution in [0.25, 0.3) is 0 Å². The SMILES string of the molecule is CC(C)c1csc(NC(=O)CC2CCN(Cc3ccccn3)CC2)n1. The van der Waals surface area contributed by atoms with Gasteiger partial charge in [-0.25, -0.2) is 4.98 Å². The van der Waals surface area contributed by atoms with Crippen molar-refractivity contribution in [3.8, 4) is 0 Å². The minimum atomic E-state index is 0.0906. The molecule has 134 valence electrons. The molecule has 0 unspecified atom stereocenters. The Morgan fingerprint density at radius 2 is 2.16 bits per heavy atom. The first-order valence-electron chi connectivity index (χ1n) is 8.97. The number of hydrogen-bond acceptors (Lipinski definition) is 5. The molecule has 1 fully saturated rings. The molecule has 1 aliphatic heterocycles. The largest absolute Gasteiger partial charge is 0.302 e. The number of nitrogens with zero attached hydrogens (tertiary/aromatic N) is 3. The maximum Gasteiger partial charge on any atom is 0.226 e. The number of thiazole rings is 1. The number of piperidine rings is 1. The van der Waals surface area contributed by atoms with Gasteiger partial charge in [0.15, 0.2) is 5.13 Å². The Balaban J connectivity index is 1.41. The summed E-state index contributed by atoms with van der Waals surface area (Å²) in [7, 11) is 0. The number of hydrogen-bond donors (Lipinski definition) is 1. The number of carbonyl (C=O) groups excluding carboxylic acids is 1. The zero-order valence-electron chi connectivity index (χ0n) is 14.9. The van der Waals surface area contributed by atoms with E-state index in [0.29, 0.717) is 18.3 Å². The Labute approximate surface area is 153 Å². The van der Waals surface area contributed by atoms with Crippen molar-refractivity contribution >= 4 is 22.4 Å². The van der Waals surface area contributed by atoms with Crippen LogP contribution >= 0.6 is 11.3 Å². The predicted octanol–water partition coefficient (Wildman–Crippen LogP) is 3.90. The minimum Gasteiger partial charge on any atom is -0.302 e. The summed E-state index contributed by atoms with van der Waals surface area (Å²) in [5.41, 5.74) is 2.16. The second-order valence-electron chi connectivity index (χ2n) is 7.03. The van der Waals surface area contributed by atoms with Crippen molar-refractivity contribution in [3.05, 3.63) is 41.2 Å². The Bertz CT molecular complexity index is 678. The van der Waals surface area contributed by atoms with E-state index >= 15 is 0 Å². The van der Waals surface area contributed by atoms with Gasteiger partial charge in [-0.2, -0.15) is 0 Å². The normalized spacial score (nSPS) is 16.3. The van der Waals surface area contributed by atoms with Crippen LogP contribution in [-0.4, -0.2) is 33.9 Å². The molecule has 5 nitrogen and oxygen atoms in total. The van der Waals surface area contributed by atoms with Gasteiger partial charge < -0.3 is 5.32 Å². The average Bonchev–Trinajstić information content (AvgIpc) is 3.06. The molecular weight excluding hydrogens is 332 g/mol. The van der Waals surface area contributed by atoms with E-state index in [0.717, 1.165) is 49.0 Å². The maximum absolute atomic E-state index is 12.3. The van der Waals surface area contributed by atoms with Gasteiger partial charge in [-0.05, 0) is 49.9 Å². The summed E-state index contributed by atoms with van der Waals surface area (Å²) in [6.45, 7) is 7.18. The van der Waals surface area contributed by atoms with Gasteiger partial charge in [0.05, 0.1) is 11.4 Å². The zero-order valence-corrected chi connectivity index (χ0v) is 15.8. The number of pyridine rings is 1. The predicted molar refractivity (Wildman–Crippen MR) is 102 cm³/mol. The fraction of sp³-hybridized carbons (Fsp3) is 0.526. The third-order valence-electron chi connectivity index (χ3n) is 4.65. The number of aromatic nitrogens is 2. The molecule has 0 saturated carbocycles. The van der Waals surface area contributed by atoms with Crippen molar-refractivity contribution in [3.63, 3.8) is 0 Å². The second kappa shape index (κ2) is 8.54. The smallest absolute Gasteiger partial charge is 0.226 e. The minimum absolute atomic E-state index is 0.0906. The molecular formula is C19H26N4OS.